The summed E-state index contributed by atoms with van der Waals surface area (Å²) in [5.41, 5.74) is 1.63. The van der Waals surface area contributed by atoms with Crippen LogP contribution in [0.1, 0.15) is 24.1 Å². The number of morpholine rings is 1. The molecule has 5 nitrogen and oxygen atoms in total. The van der Waals surface area contributed by atoms with Crippen molar-refractivity contribution in [1.82, 2.24) is 15.3 Å². The molecule has 0 aliphatic carbocycles. The number of benzene rings is 1. The van der Waals surface area contributed by atoms with Gasteiger partial charge in [-0.1, -0.05) is 6.07 Å². The summed E-state index contributed by atoms with van der Waals surface area (Å²) in [6, 6.07) is 3.82. The highest BCUT2D eigenvalue weighted by atomic mass is 19.2. The third kappa shape index (κ3) is 4.04. The van der Waals surface area contributed by atoms with Crippen molar-refractivity contribution in [3.63, 3.8) is 0 Å². The average molecular weight is 334 g/mol. The van der Waals surface area contributed by atoms with Gasteiger partial charge in [0, 0.05) is 43.6 Å². The number of aromatic nitrogens is 2. The molecule has 7 heteroatoms. The zero-order valence-electron chi connectivity index (χ0n) is 13.5. The summed E-state index contributed by atoms with van der Waals surface area (Å²) < 4.78 is 31.6. The molecule has 1 fully saturated rings. The zero-order valence-corrected chi connectivity index (χ0v) is 13.5. The first-order chi connectivity index (χ1) is 11.6. The van der Waals surface area contributed by atoms with E-state index in [-0.39, 0.29) is 6.04 Å². The van der Waals surface area contributed by atoms with Crippen LogP contribution in [0.4, 0.5) is 14.7 Å². The van der Waals surface area contributed by atoms with Crippen LogP contribution in [0, 0.1) is 11.6 Å². The van der Waals surface area contributed by atoms with E-state index in [4.69, 9.17) is 4.74 Å². The second kappa shape index (κ2) is 7.63. The minimum atomic E-state index is -0.835. The van der Waals surface area contributed by atoms with Crippen LogP contribution < -0.4 is 10.2 Å². The van der Waals surface area contributed by atoms with Gasteiger partial charge >= 0.3 is 0 Å². The van der Waals surface area contributed by atoms with Gasteiger partial charge in [-0.3, -0.25) is 0 Å². The lowest BCUT2D eigenvalue weighted by Crippen LogP contribution is -2.37. The summed E-state index contributed by atoms with van der Waals surface area (Å²) in [4.78, 5) is 10.9. The van der Waals surface area contributed by atoms with Gasteiger partial charge in [-0.15, -0.1) is 0 Å². The second-order valence-corrected chi connectivity index (χ2v) is 5.77. The number of nitrogens with one attached hydrogen (secondary N) is 1. The molecule has 0 amide bonds. The van der Waals surface area contributed by atoms with Gasteiger partial charge in [0.05, 0.1) is 13.2 Å². The summed E-state index contributed by atoms with van der Waals surface area (Å²) in [6.07, 6.45) is 3.56. The predicted octanol–water partition coefficient (Wildman–Crippen LogP) is 2.44. The summed E-state index contributed by atoms with van der Waals surface area (Å²) >= 11 is 0. The lowest BCUT2D eigenvalue weighted by atomic mass is 10.1. The molecule has 128 valence electrons. The Hall–Kier alpha value is -2.12. The molecule has 0 radical (unpaired) electrons. The predicted molar refractivity (Wildman–Crippen MR) is 86.7 cm³/mol. The first-order valence-electron chi connectivity index (χ1n) is 7.95. The van der Waals surface area contributed by atoms with Crippen molar-refractivity contribution in [2.75, 3.05) is 31.2 Å². The molecule has 1 saturated heterocycles. The maximum Gasteiger partial charge on any atom is 0.225 e. The van der Waals surface area contributed by atoms with E-state index in [1.165, 1.54) is 6.07 Å². The Balaban J connectivity index is 1.56. The smallest absolute Gasteiger partial charge is 0.225 e. The zero-order chi connectivity index (χ0) is 16.9. The van der Waals surface area contributed by atoms with Crippen molar-refractivity contribution < 1.29 is 13.5 Å². The Morgan fingerprint density at radius 2 is 1.88 bits per heavy atom. The Kier molecular flexibility index (Phi) is 5.32. The Morgan fingerprint density at radius 1 is 1.17 bits per heavy atom. The van der Waals surface area contributed by atoms with Gasteiger partial charge in [0.2, 0.25) is 5.95 Å². The van der Waals surface area contributed by atoms with E-state index in [0.29, 0.717) is 31.3 Å². The number of hydrogen-bond donors (Lipinski definition) is 1. The highest BCUT2D eigenvalue weighted by Gasteiger charge is 2.13. The number of hydrogen-bond acceptors (Lipinski definition) is 5. The molecule has 3 rings (SSSR count). The van der Waals surface area contributed by atoms with Gasteiger partial charge in [0.1, 0.15) is 0 Å². The standard InChI is InChI=1S/C17H20F2N4O/c1-12(14-2-3-15(18)16(19)8-14)20-9-13-10-21-17(22-11-13)23-4-6-24-7-5-23/h2-3,8,10-12,20H,4-7,9H2,1H3/t12-/m0/s1. The Labute approximate surface area is 139 Å². The highest BCUT2D eigenvalue weighted by molar-refractivity contribution is 5.30. The molecule has 1 N–H and O–H groups in total. The van der Waals surface area contributed by atoms with E-state index in [1.807, 2.05) is 6.92 Å². The molecule has 0 spiro atoms. The molecular weight excluding hydrogens is 314 g/mol. The fraction of sp³-hybridized carbons (Fsp3) is 0.412. The number of rotatable bonds is 5. The molecule has 0 unspecified atom stereocenters. The summed E-state index contributed by atoms with van der Waals surface area (Å²) in [5.74, 6) is -0.965. The van der Waals surface area contributed by atoms with Gasteiger partial charge in [-0.25, -0.2) is 18.7 Å². The van der Waals surface area contributed by atoms with E-state index in [9.17, 15) is 8.78 Å². The molecule has 0 saturated carbocycles. The highest BCUT2D eigenvalue weighted by Crippen LogP contribution is 2.16. The molecule has 1 aliphatic heterocycles. The van der Waals surface area contributed by atoms with Gasteiger partial charge in [0.15, 0.2) is 11.6 Å². The minimum Gasteiger partial charge on any atom is -0.378 e. The molecule has 1 aliphatic rings. The SMILES string of the molecule is C[C@H](NCc1cnc(N2CCOCC2)nc1)c1ccc(F)c(F)c1. The maximum atomic E-state index is 13.3. The second-order valence-electron chi connectivity index (χ2n) is 5.77. The normalized spacial score (nSPS) is 16.2. The van der Waals surface area contributed by atoms with Crippen LogP contribution in [0.5, 0.6) is 0 Å². The minimum absolute atomic E-state index is 0.112. The van der Waals surface area contributed by atoms with Crippen molar-refractivity contribution in [3.05, 3.63) is 53.4 Å². The quantitative estimate of drug-likeness (QED) is 0.910. The average Bonchev–Trinajstić information content (AvgIpc) is 2.63. The van der Waals surface area contributed by atoms with Crippen molar-refractivity contribution in [1.29, 1.82) is 0 Å². The molecule has 1 aromatic heterocycles. The molecule has 2 aromatic rings. The monoisotopic (exact) mass is 334 g/mol. The van der Waals surface area contributed by atoms with Gasteiger partial charge in [-0.2, -0.15) is 0 Å². The molecule has 0 bridgehead atoms. The van der Waals surface area contributed by atoms with Crippen LogP contribution in [0.25, 0.3) is 0 Å². The van der Waals surface area contributed by atoms with Crippen LogP contribution in [-0.2, 0) is 11.3 Å². The van der Waals surface area contributed by atoms with Crippen molar-refractivity contribution in [2.45, 2.75) is 19.5 Å². The number of ether oxygens (including phenoxy) is 1. The molecular formula is C17H20F2N4O. The topological polar surface area (TPSA) is 50.3 Å². The summed E-state index contributed by atoms with van der Waals surface area (Å²) in [6.45, 7) is 5.42. The van der Waals surface area contributed by atoms with Crippen LogP contribution in [0.15, 0.2) is 30.6 Å². The number of anilines is 1. The van der Waals surface area contributed by atoms with E-state index < -0.39 is 11.6 Å². The van der Waals surface area contributed by atoms with Crippen LogP contribution in [0.2, 0.25) is 0 Å². The van der Waals surface area contributed by atoms with Crippen LogP contribution >= 0.6 is 0 Å². The Morgan fingerprint density at radius 3 is 2.54 bits per heavy atom. The van der Waals surface area contributed by atoms with Gasteiger partial charge in [-0.05, 0) is 24.6 Å². The third-order valence-electron chi connectivity index (χ3n) is 4.04. The molecule has 2 heterocycles. The van der Waals surface area contributed by atoms with Crippen molar-refractivity contribution in [2.24, 2.45) is 0 Å². The van der Waals surface area contributed by atoms with Crippen LogP contribution in [-0.4, -0.2) is 36.3 Å². The first-order valence-corrected chi connectivity index (χ1v) is 7.95. The van der Waals surface area contributed by atoms with E-state index in [0.717, 1.165) is 24.7 Å². The van der Waals surface area contributed by atoms with Crippen molar-refractivity contribution >= 4 is 5.95 Å². The molecule has 24 heavy (non-hydrogen) atoms. The first kappa shape index (κ1) is 16.7. The maximum absolute atomic E-state index is 13.3. The van der Waals surface area contributed by atoms with Crippen LogP contribution in [0.3, 0.4) is 0 Å². The van der Waals surface area contributed by atoms with E-state index in [2.05, 4.69) is 20.2 Å². The molecule has 1 atom stereocenters. The number of nitrogens with zero attached hydrogens (tertiary/aromatic N) is 3. The largest absolute Gasteiger partial charge is 0.378 e. The lowest BCUT2D eigenvalue weighted by Gasteiger charge is -2.26. The summed E-state index contributed by atoms with van der Waals surface area (Å²) in [5, 5.41) is 3.26. The summed E-state index contributed by atoms with van der Waals surface area (Å²) in [7, 11) is 0. The van der Waals surface area contributed by atoms with E-state index in [1.54, 1.807) is 18.5 Å². The fourth-order valence-electron chi connectivity index (χ4n) is 2.54. The Bertz CT molecular complexity index is 675. The van der Waals surface area contributed by atoms with Gasteiger partial charge < -0.3 is 15.0 Å². The van der Waals surface area contributed by atoms with Crippen molar-refractivity contribution in [3.8, 4) is 0 Å². The van der Waals surface area contributed by atoms with Gasteiger partial charge in [0.25, 0.3) is 0 Å². The fourth-order valence-corrected chi connectivity index (χ4v) is 2.54. The molecule has 1 aromatic carbocycles. The lowest BCUT2D eigenvalue weighted by molar-refractivity contribution is 0.122. The number of halogens is 2. The van der Waals surface area contributed by atoms with E-state index >= 15 is 0 Å². The third-order valence-corrected chi connectivity index (χ3v) is 4.04.